The zero-order chi connectivity index (χ0) is 11.9. The number of para-hydroxylation sites is 1. The quantitative estimate of drug-likeness (QED) is 0.842. The Balaban J connectivity index is 2.13. The molecule has 0 spiro atoms. The first-order valence-corrected chi connectivity index (χ1v) is 6.15. The lowest BCUT2D eigenvalue weighted by atomic mass is 9.87. The van der Waals surface area contributed by atoms with Crippen LogP contribution in [0, 0.1) is 0 Å². The van der Waals surface area contributed by atoms with Crippen LogP contribution in [-0.2, 0) is 5.41 Å². The van der Waals surface area contributed by atoms with Gasteiger partial charge in [0.2, 0.25) is 0 Å². The van der Waals surface area contributed by atoms with E-state index in [0.29, 0.717) is 5.02 Å². The van der Waals surface area contributed by atoms with Crippen molar-refractivity contribution in [2.45, 2.75) is 18.3 Å². The van der Waals surface area contributed by atoms with E-state index in [1.165, 1.54) is 5.56 Å². The zero-order valence-corrected chi connectivity index (χ0v) is 10.1. The average molecular weight is 245 g/mol. The van der Waals surface area contributed by atoms with E-state index in [1.54, 1.807) is 6.07 Å². The van der Waals surface area contributed by atoms with Gasteiger partial charge in [-0.25, -0.2) is 0 Å². The predicted octanol–water partition coefficient (Wildman–Crippen LogP) is 4.13. The maximum absolute atomic E-state index is 10.1. The highest BCUT2D eigenvalue weighted by Crippen LogP contribution is 2.56. The zero-order valence-electron chi connectivity index (χ0n) is 9.36. The smallest absolute Gasteiger partial charge is 0.138 e. The SMILES string of the molecule is Oc1c(Cl)cccc1C1(c2ccccc2)CC1. The second-order valence-corrected chi connectivity index (χ2v) is 4.99. The van der Waals surface area contributed by atoms with Gasteiger partial charge >= 0.3 is 0 Å². The van der Waals surface area contributed by atoms with Gasteiger partial charge in [0, 0.05) is 11.0 Å². The Bertz CT molecular complexity index is 544. The van der Waals surface area contributed by atoms with E-state index in [0.717, 1.165) is 18.4 Å². The molecule has 17 heavy (non-hydrogen) atoms. The maximum Gasteiger partial charge on any atom is 0.138 e. The molecule has 86 valence electrons. The molecule has 0 heterocycles. The Morgan fingerprint density at radius 3 is 2.29 bits per heavy atom. The average Bonchev–Trinajstić information content (AvgIpc) is 3.15. The van der Waals surface area contributed by atoms with E-state index in [2.05, 4.69) is 12.1 Å². The molecule has 1 N–H and O–H groups in total. The number of rotatable bonds is 2. The minimum absolute atomic E-state index is 0.0176. The Morgan fingerprint density at radius 2 is 1.65 bits per heavy atom. The molecule has 0 saturated heterocycles. The highest BCUT2D eigenvalue weighted by molar-refractivity contribution is 6.32. The van der Waals surface area contributed by atoms with E-state index in [-0.39, 0.29) is 11.2 Å². The molecule has 1 saturated carbocycles. The van der Waals surface area contributed by atoms with Crippen LogP contribution in [0.1, 0.15) is 24.0 Å². The lowest BCUT2D eigenvalue weighted by Gasteiger charge is -2.18. The molecule has 0 bridgehead atoms. The lowest BCUT2D eigenvalue weighted by Crippen LogP contribution is -2.08. The Morgan fingerprint density at radius 1 is 0.941 bits per heavy atom. The summed E-state index contributed by atoms with van der Waals surface area (Å²) in [6.07, 6.45) is 2.15. The number of aromatic hydroxyl groups is 1. The van der Waals surface area contributed by atoms with Crippen molar-refractivity contribution >= 4 is 11.6 Å². The molecule has 0 atom stereocenters. The van der Waals surface area contributed by atoms with Crippen LogP contribution in [-0.4, -0.2) is 5.11 Å². The number of hydrogen-bond acceptors (Lipinski definition) is 1. The first-order chi connectivity index (χ1) is 8.24. The third kappa shape index (κ3) is 1.62. The molecule has 2 aromatic carbocycles. The first-order valence-electron chi connectivity index (χ1n) is 5.77. The largest absolute Gasteiger partial charge is 0.506 e. The summed E-state index contributed by atoms with van der Waals surface area (Å²) < 4.78 is 0. The summed E-state index contributed by atoms with van der Waals surface area (Å²) in [5.74, 6) is 0.232. The maximum atomic E-state index is 10.1. The third-order valence-corrected chi connectivity index (χ3v) is 3.88. The molecule has 1 nitrogen and oxygen atoms in total. The lowest BCUT2D eigenvalue weighted by molar-refractivity contribution is 0.464. The molecule has 1 fully saturated rings. The fourth-order valence-corrected chi connectivity index (χ4v) is 2.67. The van der Waals surface area contributed by atoms with Gasteiger partial charge < -0.3 is 5.11 Å². The summed E-state index contributed by atoms with van der Waals surface area (Å²) in [6, 6.07) is 15.9. The van der Waals surface area contributed by atoms with Gasteiger partial charge in [-0.2, -0.15) is 0 Å². The molecule has 3 rings (SSSR count). The number of halogens is 1. The van der Waals surface area contributed by atoms with Crippen LogP contribution in [0.4, 0.5) is 0 Å². The summed E-state index contributed by atoms with van der Waals surface area (Å²) in [6.45, 7) is 0. The molecule has 2 aromatic rings. The summed E-state index contributed by atoms with van der Waals surface area (Å²) in [7, 11) is 0. The normalized spacial score (nSPS) is 16.8. The van der Waals surface area contributed by atoms with Crippen LogP contribution in [0.25, 0.3) is 0 Å². The summed E-state index contributed by atoms with van der Waals surface area (Å²) >= 11 is 5.99. The second-order valence-electron chi connectivity index (χ2n) is 4.58. The van der Waals surface area contributed by atoms with Gasteiger partial charge in [-0.15, -0.1) is 0 Å². The summed E-state index contributed by atoms with van der Waals surface area (Å²) in [5.41, 5.74) is 2.20. The van der Waals surface area contributed by atoms with Crippen molar-refractivity contribution in [3.05, 3.63) is 64.7 Å². The molecule has 0 amide bonds. The van der Waals surface area contributed by atoms with Crippen molar-refractivity contribution in [3.8, 4) is 5.75 Å². The molecule has 0 aliphatic heterocycles. The molecule has 1 aliphatic rings. The van der Waals surface area contributed by atoms with Crippen LogP contribution in [0.3, 0.4) is 0 Å². The number of phenols is 1. The van der Waals surface area contributed by atoms with Gasteiger partial charge in [0.05, 0.1) is 5.02 Å². The summed E-state index contributed by atoms with van der Waals surface area (Å²) in [4.78, 5) is 0. The molecule has 0 radical (unpaired) electrons. The van der Waals surface area contributed by atoms with Crippen LogP contribution in [0.2, 0.25) is 5.02 Å². The Kier molecular flexibility index (Phi) is 2.37. The van der Waals surface area contributed by atoms with E-state index in [4.69, 9.17) is 11.6 Å². The molecule has 1 aliphatic carbocycles. The van der Waals surface area contributed by atoms with Crippen molar-refractivity contribution in [1.82, 2.24) is 0 Å². The monoisotopic (exact) mass is 244 g/mol. The number of hydrogen-bond donors (Lipinski definition) is 1. The van der Waals surface area contributed by atoms with E-state index in [1.807, 2.05) is 30.3 Å². The minimum atomic E-state index is -0.0176. The molecule has 0 aromatic heterocycles. The number of benzene rings is 2. The fraction of sp³-hybridized carbons (Fsp3) is 0.200. The topological polar surface area (TPSA) is 20.2 Å². The van der Waals surface area contributed by atoms with Crippen molar-refractivity contribution in [2.24, 2.45) is 0 Å². The standard InChI is InChI=1S/C15H13ClO/c16-13-8-4-7-12(14(13)17)15(9-10-15)11-5-2-1-3-6-11/h1-8,17H,9-10H2. The van der Waals surface area contributed by atoms with E-state index >= 15 is 0 Å². The van der Waals surface area contributed by atoms with Gasteiger partial charge in [-0.05, 0) is 24.5 Å². The van der Waals surface area contributed by atoms with Crippen LogP contribution in [0.5, 0.6) is 5.75 Å². The first kappa shape index (κ1) is 10.7. The van der Waals surface area contributed by atoms with Crippen molar-refractivity contribution in [2.75, 3.05) is 0 Å². The molecular weight excluding hydrogens is 232 g/mol. The Labute approximate surface area is 106 Å². The molecular formula is C15H13ClO. The minimum Gasteiger partial charge on any atom is -0.506 e. The predicted molar refractivity (Wildman–Crippen MR) is 69.6 cm³/mol. The van der Waals surface area contributed by atoms with E-state index < -0.39 is 0 Å². The fourth-order valence-electron chi connectivity index (χ4n) is 2.50. The van der Waals surface area contributed by atoms with Gasteiger partial charge in [0.1, 0.15) is 5.75 Å². The van der Waals surface area contributed by atoms with E-state index in [9.17, 15) is 5.11 Å². The molecule has 0 unspecified atom stereocenters. The van der Waals surface area contributed by atoms with Crippen molar-refractivity contribution in [3.63, 3.8) is 0 Å². The third-order valence-electron chi connectivity index (χ3n) is 3.58. The summed E-state index contributed by atoms with van der Waals surface area (Å²) in [5, 5.41) is 10.5. The van der Waals surface area contributed by atoms with Crippen LogP contribution >= 0.6 is 11.6 Å². The second kappa shape index (κ2) is 3.78. The van der Waals surface area contributed by atoms with Gasteiger partial charge in [-0.3, -0.25) is 0 Å². The van der Waals surface area contributed by atoms with Gasteiger partial charge in [0.15, 0.2) is 0 Å². The Hall–Kier alpha value is -1.47. The van der Waals surface area contributed by atoms with Gasteiger partial charge in [-0.1, -0.05) is 54.1 Å². The van der Waals surface area contributed by atoms with Crippen LogP contribution < -0.4 is 0 Å². The highest BCUT2D eigenvalue weighted by Gasteiger charge is 2.47. The number of phenolic OH excluding ortho intramolecular Hbond substituents is 1. The van der Waals surface area contributed by atoms with Crippen LogP contribution in [0.15, 0.2) is 48.5 Å². The highest BCUT2D eigenvalue weighted by atomic mass is 35.5. The van der Waals surface area contributed by atoms with Crippen molar-refractivity contribution < 1.29 is 5.11 Å². The van der Waals surface area contributed by atoms with Gasteiger partial charge in [0.25, 0.3) is 0 Å². The molecule has 2 heteroatoms. The van der Waals surface area contributed by atoms with Crippen molar-refractivity contribution in [1.29, 1.82) is 0 Å².